The first-order valence-electron chi connectivity index (χ1n) is 10.2. The van der Waals surface area contributed by atoms with Gasteiger partial charge in [-0.15, -0.1) is 11.3 Å². The van der Waals surface area contributed by atoms with E-state index < -0.39 is 6.10 Å². The molecule has 2 aromatic rings. The zero-order valence-electron chi connectivity index (χ0n) is 15.9. The van der Waals surface area contributed by atoms with Gasteiger partial charge in [0.2, 0.25) is 5.91 Å². The van der Waals surface area contributed by atoms with Crippen molar-refractivity contribution in [2.45, 2.75) is 43.4 Å². The van der Waals surface area contributed by atoms with Crippen molar-refractivity contribution in [2.24, 2.45) is 0 Å². The molecule has 1 aromatic carbocycles. The predicted molar refractivity (Wildman–Crippen MR) is 109 cm³/mol. The van der Waals surface area contributed by atoms with Crippen molar-refractivity contribution in [2.75, 3.05) is 26.2 Å². The molecule has 0 aliphatic carbocycles. The molecule has 1 amide bonds. The van der Waals surface area contributed by atoms with Crippen LogP contribution in [0.5, 0.6) is 0 Å². The molecule has 4 heterocycles. The van der Waals surface area contributed by atoms with Gasteiger partial charge in [-0.2, -0.15) is 0 Å². The number of likely N-dealkylation sites (tertiary alicyclic amines) is 1. The van der Waals surface area contributed by atoms with Crippen LogP contribution in [0.25, 0.3) is 10.4 Å². The fourth-order valence-corrected chi connectivity index (χ4v) is 6.17. The van der Waals surface area contributed by atoms with Gasteiger partial charge >= 0.3 is 0 Å². The van der Waals surface area contributed by atoms with Gasteiger partial charge in [-0.05, 0) is 42.9 Å². The molecule has 28 heavy (non-hydrogen) atoms. The summed E-state index contributed by atoms with van der Waals surface area (Å²) in [6.07, 6.45) is 2.77. The summed E-state index contributed by atoms with van der Waals surface area (Å²) < 4.78 is 6.37. The number of nitrogens with one attached hydrogen (secondary N) is 1. The van der Waals surface area contributed by atoms with Gasteiger partial charge in [0, 0.05) is 29.4 Å². The smallest absolute Gasteiger partial charge is 0.239 e. The first-order chi connectivity index (χ1) is 13.6. The molecule has 5 rings (SSSR count). The first kappa shape index (κ1) is 18.3. The Balaban J connectivity index is 1.34. The number of amides is 1. The summed E-state index contributed by atoms with van der Waals surface area (Å²) >= 11 is 1.86. The van der Waals surface area contributed by atoms with Gasteiger partial charge in [0.1, 0.15) is 5.60 Å². The third-order valence-electron chi connectivity index (χ3n) is 6.32. The molecular formula is C22H26N2O3S. The molecule has 3 aliphatic rings. The number of hydrogen-bond acceptors (Lipinski definition) is 5. The van der Waals surface area contributed by atoms with Crippen molar-refractivity contribution in [1.29, 1.82) is 0 Å². The molecule has 3 aliphatic heterocycles. The number of carbonyl (C=O) groups is 1. The minimum atomic E-state index is -0.406. The molecule has 0 bridgehead atoms. The molecular weight excluding hydrogens is 372 g/mol. The van der Waals surface area contributed by atoms with E-state index >= 15 is 0 Å². The van der Waals surface area contributed by atoms with Crippen molar-refractivity contribution in [3.05, 3.63) is 46.8 Å². The van der Waals surface area contributed by atoms with Crippen molar-refractivity contribution in [1.82, 2.24) is 10.2 Å². The minimum absolute atomic E-state index is 0.124. The van der Waals surface area contributed by atoms with Gasteiger partial charge < -0.3 is 20.1 Å². The molecule has 2 fully saturated rings. The number of carbonyl (C=O) groups excluding carboxylic acids is 1. The molecule has 0 radical (unpaired) electrons. The number of β-amino-alcohol motifs (C(OH)–C–C–N with tert-alkyl or cyclic N) is 1. The number of rotatable bonds is 2. The van der Waals surface area contributed by atoms with Crippen LogP contribution in [-0.4, -0.2) is 54.3 Å². The highest BCUT2D eigenvalue weighted by Gasteiger charge is 2.44. The lowest BCUT2D eigenvalue weighted by atomic mass is 9.85. The second-order valence-corrected chi connectivity index (χ2v) is 9.15. The monoisotopic (exact) mass is 398 g/mol. The van der Waals surface area contributed by atoms with Crippen LogP contribution < -0.4 is 5.32 Å². The first-order valence-corrected chi connectivity index (χ1v) is 11.0. The van der Waals surface area contributed by atoms with E-state index in [-0.39, 0.29) is 17.6 Å². The summed E-state index contributed by atoms with van der Waals surface area (Å²) in [5.74, 6) is 0.124. The molecule has 1 aromatic heterocycles. The zero-order chi connectivity index (χ0) is 19.1. The van der Waals surface area contributed by atoms with Gasteiger partial charge in [0.15, 0.2) is 0 Å². The maximum Gasteiger partial charge on any atom is 0.239 e. The van der Waals surface area contributed by atoms with Crippen molar-refractivity contribution in [3.8, 4) is 10.4 Å². The Bertz CT molecular complexity index is 858. The Morgan fingerprint density at radius 1 is 1.25 bits per heavy atom. The molecule has 2 saturated heterocycles. The Kier molecular flexibility index (Phi) is 4.75. The van der Waals surface area contributed by atoms with Gasteiger partial charge in [-0.25, -0.2) is 0 Å². The summed E-state index contributed by atoms with van der Waals surface area (Å²) in [6, 6.07) is 12.6. The number of aliphatic hydroxyl groups is 1. The van der Waals surface area contributed by atoms with Crippen molar-refractivity contribution >= 4 is 17.2 Å². The highest BCUT2D eigenvalue weighted by atomic mass is 32.1. The Hall–Kier alpha value is -1.73. The van der Waals surface area contributed by atoms with Crippen LogP contribution >= 0.6 is 11.3 Å². The third-order valence-corrected chi connectivity index (χ3v) is 7.73. The van der Waals surface area contributed by atoms with Crippen LogP contribution in [0.2, 0.25) is 0 Å². The van der Waals surface area contributed by atoms with Crippen LogP contribution in [0, 0.1) is 0 Å². The topological polar surface area (TPSA) is 61.8 Å². The third kappa shape index (κ3) is 3.18. The van der Waals surface area contributed by atoms with Crippen LogP contribution in [0.15, 0.2) is 36.4 Å². The zero-order valence-corrected chi connectivity index (χ0v) is 16.7. The SMILES string of the molecule is O=C([C@H]1C[C@@H](O)CN1)N1CCC2(CC1)OCCc1cc(-c3ccccc3)sc12. The molecule has 2 atom stereocenters. The minimum Gasteiger partial charge on any atom is -0.392 e. The second kappa shape index (κ2) is 7.26. The summed E-state index contributed by atoms with van der Waals surface area (Å²) in [7, 11) is 0. The normalized spacial score (nSPS) is 26.4. The Morgan fingerprint density at radius 3 is 2.75 bits per heavy atom. The number of benzene rings is 1. The fourth-order valence-electron chi connectivity index (χ4n) is 4.75. The van der Waals surface area contributed by atoms with Gasteiger partial charge in [0.05, 0.1) is 18.8 Å². The van der Waals surface area contributed by atoms with Gasteiger partial charge in [0.25, 0.3) is 0 Å². The summed E-state index contributed by atoms with van der Waals surface area (Å²) in [5, 5.41) is 12.8. The number of aliphatic hydroxyl groups excluding tert-OH is 1. The van der Waals surface area contributed by atoms with Crippen molar-refractivity contribution < 1.29 is 14.6 Å². The average Bonchev–Trinajstić information content (AvgIpc) is 3.36. The molecule has 6 heteroatoms. The largest absolute Gasteiger partial charge is 0.392 e. The van der Waals surface area contributed by atoms with E-state index in [1.165, 1.54) is 20.9 Å². The van der Waals surface area contributed by atoms with E-state index in [9.17, 15) is 9.90 Å². The number of ether oxygens (including phenoxy) is 1. The molecule has 0 unspecified atom stereocenters. The molecule has 0 saturated carbocycles. The van der Waals surface area contributed by atoms with E-state index in [2.05, 4.69) is 35.6 Å². The molecule has 148 valence electrons. The fraction of sp³-hybridized carbons (Fsp3) is 0.500. The lowest BCUT2D eigenvalue weighted by Crippen LogP contribution is -2.51. The maximum absolute atomic E-state index is 12.8. The number of nitrogens with zero attached hydrogens (tertiary/aromatic N) is 1. The number of fused-ring (bicyclic) bond motifs is 2. The quantitative estimate of drug-likeness (QED) is 0.816. The lowest BCUT2D eigenvalue weighted by molar-refractivity contribution is -0.142. The summed E-state index contributed by atoms with van der Waals surface area (Å²) in [6.45, 7) is 2.69. The van der Waals surface area contributed by atoms with Gasteiger partial charge in [-0.1, -0.05) is 30.3 Å². The predicted octanol–water partition coefficient (Wildman–Crippen LogP) is 2.53. The van der Waals surface area contributed by atoms with Gasteiger partial charge in [-0.3, -0.25) is 4.79 Å². The van der Waals surface area contributed by atoms with E-state index in [1.54, 1.807) is 0 Å². The molecule has 2 N–H and O–H groups in total. The lowest BCUT2D eigenvalue weighted by Gasteiger charge is -2.44. The molecule has 5 nitrogen and oxygen atoms in total. The average molecular weight is 399 g/mol. The van der Waals surface area contributed by atoms with E-state index in [4.69, 9.17) is 4.74 Å². The number of hydrogen-bond donors (Lipinski definition) is 2. The summed E-state index contributed by atoms with van der Waals surface area (Å²) in [5.41, 5.74) is 2.43. The standard InChI is InChI=1S/C22H26N2O3S/c25-17-13-18(23-14-17)21(26)24-9-7-22(8-10-24)20-16(6-11-27-22)12-19(28-20)15-4-2-1-3-5-15/h1-5,12,17-18,23,25H,6-11,13-14H2/t17-,18-/m1/s1. The number of thiophene rings is 1. The van der Waals surface area contributed by atoms with Crippen LogP contribution in [0.3, 0.4) is 0 Å². The molecule has 1 spiro atoms. The Morgan fingerprint density at radius 2 is 2.04 bits per heavy atom. The van der Waals surface area contributed by atoms with E-state index in [0.717, 1.165) is 25.9 Å². The Labute approximate surface area is 169 Å². The van der Waals surface area contributed by atoms with E-state index in [1.807, 2.05) is 22.3 Å². The van der Waals surface area contributed by atoms with Crippen molar-refractivity contribution in [3.63, 3.8) is 0 Å². The highest BCUT2D eigenvalue weighted by Crippen LogP contribution is 2.47. The highest BCUT2D eigenvalue weighted by molar-refractivity contribution is 7.15. The second-order valence-electron chi connectivity index (χ2n) is 8.10. The van der Waals surface area contributed by atoms with Crippen LogP contribution in [0.4, 0.5) is 0 Å². The summed E-state index contributed by atoms with van der Waals surface area (Å²) in [4.78, 5) is 17.4. The van der Waals surface area contributed by atoms with Crippen LogP contribution in [-0.2, 0) is 21.6 Å². The number of piperidine rings is 1. The maximum atomic E-state index is 12.8. The van der Waals surface area contributed by atoms with E-state index in [0.29, 0.717) is 26.1 Å². The van der Waals surface area contributed by atoms with Crippen LogP contribution in [0.1, 0.15) is 29.7 Å².